The topological polar surface area (TPSA) is 39.9 Å². The molecule has 1 fully saturated rings. The molecule has 1 aliphatic rings. The number of nitrogens with zero attached hydrogens (tertiary/aromatic N) is 3. The van der Waals surface area contributed by atoms with Gasteiger partial charge in [-0.3, -0.25) is 0 Å². The lowest BCUT2D eigenvalue weighted by atomic mass is 9.92. The zero-order chi connectivity index (χ0) is 12.3. The minimum Gasteiger partial charge on any atom is -0.356 e. The van der Waals surface area contributed by atoms with E-state index in [2.05, 4.69) is 29.8 Å². The van der Waals surface area contributed by atoms with Crippen LogP contribution in [0.3, 0.4) is 0 Å². The van der Waals surface area contributed by atoms with Crippen LogP contribution in [0.15, 0.2) is 18.3 Å². The van der Waals surface area contributed by atoms with Crippen molar-refractivity contribution in [3.63, 3.8) is 0 Å². The molecule has 2 unspecified atom stereocenters. The van der Waals surface area contributed by atoms with Crippen molar-refractivity contribution in [2.45, 2.75) is 26.7 Å². The molecule has 0 bridgehead atoms. The van der Waals surface area contributed by atoms with Crippen molar-refractivity contribution in [2.24, 2.45) is 11.8 Å². The summed E-state index contributed by atoms with van der Waals surface area (Å²) in [5.41, 5.74) is 0.632. The number of aromatic nitrogens is 1. The second kappa shape index (κ2) is 5.18. The maximum absolute atomic E-state index is 8.75. The fraction of sp³-hybridized carbons (Fsp3) is 0.571. The number of nitriles is 1. The molecule has 0 radical (unpaired) electrons. The highest BCUT2D eigenvalue weighted by Crippen LogP contribution is 2.31. The third-order valence-corrected chi connectivity index (χ3v) is 3.83. The maximum atomic E-state index is 8.75. The smallest absolute Gasteiger partial charge is 0.128 e. The highest BCUT2D eigenvalue weighted by Gasteiger charge is 2.30. The van der Waals surface area contributed by atoms with Crippen LogP contribution in [0.1, 0.15) is 32.3 Å². The minimum absolute atomic E-state index is 0.632. The number of pyridine rings is 1. The van der Waals surface area contributed by atoms with Gasteiger partial charge in [0.2, 0.25) is 0 Å². The van der Waals surface area contributed by atoms with Gasteiger partial charge in [-0.05, 0) is 24.0 Å². The molecule has 90 valence electrons. The van der Waals surface area contributed by atoms with Crippen LogP contribution in [0.25, 0.3) is 0 Å². The third kappa shape index (κ3) is 2.41. The van der Waals surface area contributed by atoms with Gasteiger partial charge in [0.25, 0.3) is 0 Å². The molecule has 3 heteroatoms. The molecule has 1 aromatic heterocycles. The number of anilines is 1. The summed E-state index contributed by atoms with van der Waals surface area (Å²) in [4.78, 5) is 6.72. The van der Waals surface area contributed by atoms with Crippen molar-refractivity contribution >= 4 is 5.82 Å². The molecule has 2 heterocycles. The Balaban J connectivity index is 2.11. The fourth-order valence-corrected chi connectivity index (χ4v) is 2.69. The van der Waals surface area contributed by atoms with E-state index in [-0.39, 0.29) is 0 Å². The monoisotopic (exact) mass is 229 g/mol. The first-order chi connectivity index (χ1) is 8.28. The lowest BCUT2D eigenvalue weighted by Crippen LogP contribution is -2.20. The van der Waals surface area contributed by atoms with E-state index >= 15 is 0 Å². The van der Waals surface area contributed by atoms with Gasteiger partial charge in [-0.1, -0.05) is 26.7 Å². The fourth-order valence-electron chi connectivity index (χ4n) is 2.69. The first-order valence-electron chi connectivity index (χ1n) is 6.39. The van der Waals surface area contributed by atoms with E-state index < -0.39 is 0 Å². The molecule has 0 spiro atoms. The Labute approximate surface area is 103 Å². The number of rotatable bonds is 3. The first kappa shape index (κ1) is 11.9. The van der Waals surface area contributed by atoms with Gasteiger partial charge in [-0.15, -0.1) is 0 Å². The van der Waals surface area contributed by atoms with Crippen molar-refractivity contribution < 1.29 is 0 Å². The van der Waals surface area contributed by atoms with Crippen molar-refractivity contribution in [3.8, 4) is 6.07 Å². The summed E-state index contributed by atoms with van der Waals surface area (Å²) in [6.07, 6.45) is 4.14. The zero-order valence-electron chi connectivity index (χ0n) is 10.6. The van der Waals surface area contributed by atoms with Gasteiger partial charge in [0.15, 0.2) is 0 Å². The van der Waals surface area contributed by atoms with Crippen LogP contribution in [-0.2, 0) is 0 Å². The first-order valence-corrected chi connectivity index (χ1v) is 6.39. The molecular formula is C14H19N3. The lowest BCUT2D eigenvalue weighted by molar-refractivity contribution is 0.397. The predicted molar refractivity (Wildman–Crippen MR) is 68.7 cm³/mol. The second-order valence-corrected chi connectivity index (χ2v) is 4.76. The Morgan fingerprint density at radius 1 is 1.29 bits per heavy atom. The molecule has 0 N–H and O–H groups in total. The normalized spacial score (nSPS) is 23.7. The summed E-state index contributed by atoms with van der Waals surface area (Å²) >= 11 is 0. The quantitative estimate of drug-likeness (QED) is 0.800. The lowest BCUT2D eigenvalue weighted by Gasteiger charge is -2.16. The third-order valence-electron chi connectivity index (χ3n) is 3.83. The Hall–Kier alpha value is -1.56. The minimum atomic E-state index is 0.632. The molecule has 0 aromatic carbocycles. The molecule has 0 aliphatic carbocycles. The van der Waals surface area contributed by atoms with Gasteiger partial charge < -0.3 is 4.90 Å². The summed E-state index contributed by atoms with van der Waals surface area (Å²) in [6.45, 7) is 6.74. The molecule has 1 aromatic rings. The highest BCUT2D eigenvalue weighted by molar-refractivity contribution is 5.43. The summed E-state index contributed by atoms with van der Waals surface area (Å²) in [5.74, 6) is 2.59. The van der Waals surface area contributed by atoms with Crippen molar-refractivity contribution in [1.29, 1.82) is 5.26 Å². The van der Waals surface area contributed by atoms with Crippen LogP contribution >= 0.6 is 0 Å². The molecule has 2 atom stereocenters. The summed E-state index contributed by atoms with van der Waals surface area (Å²) in [7, 11) is 0. The molecule has 0 saturated carbocycles. The van der Waals surface area contributed by atoms with E-state index in [1.54, 1.807) is 6.20 Å². The maximum Gasteiger partial charge on any atom is 0.128 e. The Kier molecular flexibility index (Phi) is 3.63. The SMILES string of the molecule is CCC1CN(c2ccc(C#N)cn2)CC1CC. The Morgan fingerprint density at radius 3 is 2.35 bits per heavy atom. The largest absolute Gasteiger partial charge is 0.356 e. The van der Waals surface area contributed by atoms with Gasteiger partial charge in [-0.25, -0.2) is 4.98 Å². The van der Waals surface area contributed by atoms with Crippen LogP contribution in [0.4, 0.5) is 5.82 Å². The van der Waals surface area contributed by atoms with Crippen LogP contribution in [0.5, 0.6) is 0 Å². The molecule has 1 aliphatic heterocycles. The van der Waals surface area contributed by atoms with Gasteiger partial charge in [0, 0.05) is 19.3 Å². The van der Waals surface area contributed by atoms with Crippen LogP contribution in [0, 0.1) is 23.2 Å². The standard InChI is InChI=1S/C14H19N3/c1-3-12-9-17(10-13(12)4-2)14-6-5-11(7-15)8-16-14/h5-6,8,12-13H,3-4,9-10H2,1-2H3. The molecular weight excluding hydrogens is 210 g/mol. The van der Waals surface area contributed by atoms with E-state index in [0.717, 1.165) is 30.7 Å². The number of hydrogen-bond acceptors (Lipinski definition) is 3. The summed E-state index contributed by atoms with van der Waals surface area (Å²) in [5, 5.41) is 8.75. The van der Waals surface area contributed by atoms with Crippen molar-refractivity contribution in [3.05, 3.63) is 23.9 Å². The van der Waals surface area contributed by atoms with E-state index in [1.165, 1.54) is 12.8 Å². The zero-order valence-corrected chi connectivity index (χ0v) is 10.6. The van der Waals surface area contributed by atoms with Crippen LogP contribution in [-0.4, -0.2) is 18.1 Å². The van der Waals surface area contributed by atoms with E-state index in [4.69, 9.17) is 5.26 Å². The average Bonchev–Trinajstić information content (AvgIpc) is 2.82. The van der Waals surface area contributed by atoms with Crippen molar-refractivity contribution in [1.82, 2.24) is 4.98 Å². The Bertz CT molecular complexity index is 392. The van der Waals surface area contributed by atoms with Gasteiger partial charge in [0.1, 0.15) is 11.9 Å². The van der Waals surface area contributed by atoms with Gasteiger partial charge >= 0.3 is 0 Å². The van der Waals surface area contributed by atoms with Crippen molar-refractivity contribution in [2.75, 3.05) is 18.0 Å². The predicted octanol–water partition coefficient (Wildman–Crippen LogP) is 2.83. The number of hydrogen-bond donors (Lipinski definition) is 0. The van der Waals surface area contributed by atoms with Crippen LogP contribution < -0.4 is 4.90 Å². The van der Waals surface area contributed by atoms with E-state index in [0.29, 0.717) is 5.56 Å². The van der Waals surface area contributed by atoms with Gasteiger partial charge in [-0.2, -0.15) is 5.26 Å². The Morgan fingerprint density at radius 2 is 1.94 bits per heavy atom. The van der Waals surface area contributed by atoms with Crippen LogP contribution in [0.2, 0.25) is 0 Å². The van der Waals surface area contributed by atoms with Gasteiger partial charge in [0.05, 0.1) is 5.56 Å². The molecule has 17 heavy (non-hydrogen) atoms. The van der Waals surface area contributed by atoms with E-state index in [9.17, 15) is 0 Å². The van der Waals surface area contributed by atoms with E-state index in [1.807, 2.05) is 12.1 Å². The highest BCUT2D eigenvalue weighted by atomic mass is 15.2. The molecule has 3 nitrogen and oxygen atoms in total. The molecule has 1 saturated heterocycles. The summed E-state index contributed by atoms with van der Waals surface area (Å²) in [6, 6.07) is 5.92. The summed E-state index contributed by atoms with van der Waals surface area (Å²) < 4.78 is 0. The second-order valence-electron chi connectivity index (χ2n) is 4.76. The molecule has 0 amide bonds. The average molecular weight is 229 g/mol. The molecule has 2 rings (SSSR count).